The number of hydrogen-bond acceptors (Lipinski definition) is 6. The van der Waals surface area contributed by atoms with Gasteiger partial charge in [0.05, 0.1) is 11.1 Å². The monoisotopic (exact) mass is 648 g/mol. The van der Waals surface area contributed by atoms with Crippen molar-refractivity contribution in [2.45, 2.75) is 0 Å². The van der Waals surface area contributed by atoms with Crippen LogP contribution in [0.4, 0.5) is 17.1 Å². The summed E-state index contributed by atoms with van der Waals surface area (Å²) in [6, 6.07) is 50.3. The number of oxazole rings is 1. The lowest BCUT2D eigenvalue weighted by Crippen LogP contribution is -2.10. The van der Waals surface area contributed by atoms with Gasteiger partial charge in [-0.25, -0.2) is 4.98 Å². The standard InChI is InChI=1S/C43H24N2O3S/c1-2-9-25(10-3-1)43-44-33-23-32-38(24-39(33)48-43)47-36-15-8-13-34(42(32)36)45(26-17-19-29-28-11-4-6-14-35(28)46-37(29)21-26)27-18-20-31-30-12-5-7-16-40(30)49-41(31)22-27/h1-24H. The van der Waals surface area contributed by atoms with Gasteiger partial charge >= 0.3 is 0 Å². The van der Waals surface area contributed by atoms with E-state index in [-0.39, 0.29) is 0 Å². The minimum atomic E-state index is 0.588. The molecule has 0 amide bonds. The second-order valence-electron chi connectivity index (χ2n) is 12.3. The Kier molecular flexibility index (Phi) is 5.48. The van der Waals surface area contributed by atoms with Gasteiger partial charge < -0.3 is 18.2 Å². The minimum Gasteiger partial charge on any atom is -0.456 e. The molecule has 4 aromatic heterocycles. The highest BCUT2D eigenvalue weighted by Gasteiger charge is 2.22. The molecule has 11 rings (SSSR count). The fourth-order valence-electron chi connectivity index (χ4n) is 7.25. The van der Waals surface area contributed by atoms with E-state index in [2.05, 4.69) is 95.9 Å². The van der Waals surface area contributed by atoms with E-state index in [1.807, 2.05) is 65.9 Å². The predicted molar refractivity (Wildman–Crippen MR) is 202 cm³/mol. The number of furan rings is 2. The van der Waals surface area contributed by atoms with Crippen LogP contribution in [0.5, 0.6) is 0 Å². The highest BCUT2D eigenvalue weighted by molar-refractivity contribution is 7.25. The molecule has 49 heavy (non-hydrogen) atoms. The maximum atomic E-state index is 6.53. The highest BCUT2D eigenvalue weighted by atomic mass is 32.1. The topological polar surface area (TPSA) is 55.6 Å². The maximum Gasteiger partial charge on any atom is 0.227 e. The first-order valence-corrected chi connectivity index (χ1v) is 17.0. The molecule has 0 aliphatic carbocycles. The maximum absolute atomic E-state index is 6.53. The Hall–Kier alpha value is -6.37. The first-order chi connectivity index (χ1) is 24.2. The molecular formula is C43H24N2O3S. The second kappa shape index (κ2) is 10.1. The molecule has 0 saturated carbocycles. The van der Waals surface area contributed by atoms with Gasteiger partial charge in [0.15, 0.2) is 5.58 Å². The fourth-order valence-corrected chi connectivity index (χ4v) is 8.39. The Bertz CT molecular complexity index is 2960. The van der Waals surface area contributed by atoms with E-state index in [1.54, 1.807) is 0 Å². The molecule has 0 atom stereocenters. The Labute approximate surface area is 282 Å². The number of para-hydroxylation sites is 1. The molecule has 0 saturated heterocycles. The summed E-state index contributed by atoms with van der Waals surface area (Å²) >= 11 is 1.82. The summed E-state index contributed by atoms with van der Waals surface area (Å²) < 4.78 is 21.6. The molecule has 0 fully saturated rings. The van der Waals surface area contributed by atoms with Crippen LogP contribution in [0, 0.1) is 0 Å². The SMILES string of the molecule is c1ccc(-c2nc3cc4c(cc3o2)oc2cccc(N(c3ccc5c(c3)oc3ccccc35)c3ccc5c(c3)sc3ccccc35)c24)cc1. The Morgan fingerprint density at radius 3 is 2.06 bits per heavy atom. The first kappa shape index (κ1) is 26.7. The van der Waals surface area contributed by atoms with Gasteiger partial charge in [-0.05, 0) is 66.7 Å². The van der Waals surface area contributed by atoms with Crippen LogP contribution in [-0.2, 0) is 0 Å². The largest absolute Gasteiger partial charge is 0.456 e. The molecule has 6 heteroatoms. The number of anilines is 3. The van der Waals surface area contributed by atoms with E-state index in [1.165, 1.54) is 20.2 Å². The van der Waals surface area contributed by atoms with Gasteiger partial charge in [-0.2, -0.15) is 0 Å². The van der Waals surface area contributed by atoms with E-state index >= 15 is 0 Å². The van der Waals surface area contributed by atoms with E-state index < -0.39 is 0 Å². The van der Waals surface area contributed by atoms with Crippen LogP contribution >= 0.6 is 11.3 Å². The summed E-state index contributed by atoms with van der Waals surface area (Å²) in [6.45, 7) is 0. The lowest BCUT2D eigenvalue weighted by atomic mass is 10.1. The Balaban J connectivity index is 1.17. The third kappa shape index (κ3) is 4.01. The van der Waals surface area contributed by atoms with Crippen LogP contribution in [0.15, 0.2) is 159 Å². The zero-order chi connectivity index (χ0) is 32.1. The zero-order valence-corrected chi connectivity index (χ0v) is 26.7. The van der Waals surface area contributed by atoms with Crippen molar-refractivity contribution in [3.63, 3.8) is 0 Å². The van der Waals surface area contributed by atoms with Gasteiger partial charge in [-0.15, -0.1) is 11.3 Å². The normalized spacial score (nSPS) is 12.1. The van der Waals surface area contributed by atoms with E-state index in [4.69, 9.17) is 18.2 Å². The number of fused-ring (bicyclic) bond motifs is 10. The number of rotatable bonds is 4. The average Bonchev–Trinajstić information content (AvgIpc) is 3.91. The van der Waals surface area contributed by atoms with Crippen molar-refractivity contribution in [2.24, 2.45) is 0 Å². The number of nitrogens with zero attached hydrogens (tertiary/aromatic N) is 2. The van der Waals surface area contributed by atoms with Crippen molar-refractivity contribution in [1.29, 1.82) is 0 Å². The molecule has 0 N–H and O–H groups in total. The molecule has 0 unspecified atom stereocenters. The Morgan fingerprint density at radius 2 is 1.14 bits per heavy atom. The lowest BCUT2D eigenvalue weighted by molar-refractivity contribution is 0.617. The van der Waals surface area contributed by atoms with Crippen LogP contribution in [-0.4, -0.2) is 4.98 Å². The zero-order valence-electron chi connectivity index (χ0n) is 25.9. The molecule has 0 bridgehead atoms. The molecule has 7 aromatic carbocycles. The summed E-state index contributed by atoms with van der Waals surface area (Å²) in [7, 11) is 0. The summed E-state index contributed by atoms with van der Waals surface area (Å²) in [5.74, 6) is 0.588. The summed E-state index contributed by atoms with van der Waals surface area (Å²) in [5, 5.41) is 6.71. The highest BCUT2D eigenvalue weighted by Crippen LogP contribution is 2.46. The number of hydrogen-bond donors (Lipinski definition) is 0. The van der Waals surface area contributed by atoms with E-state index in [9.17, 15) is 0 Å². The van der Waals surface area contributed by atoms with Gasteiger partial charge in [0.25, 0.3) is 0 Å². The number of aromatic nitrogens is 1. The van der Waals surface area contributed by atoms with Crippen LogP contribution < -0.4 is 4.90 Å². The lowest BCUT2D eigenvalue weighted by Gasteiger charge is -2.26. The first-order valence-electron chi connectivity index (χ1n) is 16.2. The van der Waals surface area contributed by atoms with E-state index in [0.717, 1.165) is 72.0 Å². The Morgan fingerprint density at radius 1 is 0.449 bits per heavy atom. The van der Waals surface area contributed by atoms with Crippen molar-refractivity contribution >= 4 is 104 Å². The molecule has 5 nitrogen and oxygen atoms in total. The average molecular weight is 649 g/mol. The third-order valence-corrected chi connectivity index (χ3v) is 10.6. The molecule has 0 aliphatic heterocycles. The van der Waals surface area contributed by atoms with Crippen molar-refractivity contribution in [2.75, 3.05) is 4.90 Å². The van der Waals surface area contributed by atoms with Crippen LogP contribution in [0.25, 0.3) is 86.6 Å². The van der Waals surface area contributed by atoms with Gasteiger partial charge in [0.2, 0.25) is 5.89 Å². The van der Waals surface area contributed by atoms with Gasteiger partial charge in [-0.3, -0.25) is 0 Å². The second-order valence-corrected chi connectivity index (χ2v) is 13.4. The van der Waals surface area contributed by atoms with Gasteiger partial charge in [0.1, 0.15) is 27.8 Å². The van der Waals surface area contributed by atoms with Crippen LogP contribution in [0.1, 0.15) is 0 Å². The van der Waals surface area contributed by atoms with Crippen LogP contribution in [0.3, 0.4) is 0 Å². The number of thiophene rings is 1. The molecular weight excluding hydrogens is 625 g/mol. The predicted octanol–water partition coefficient (Wildman–Crippen LogP) is 13.1. The van der Waals surface area contributed by atoms with Gasteiger partial charge in [0, 0.05) is 65.4 Å². The van der Waals surface area contributed by atoms with E-state index in [0.29, 0.717) is 11.5 Å². The quantitative estimate of drug-likeness (QED) is 0.190. The van der Waals surface area contributed by atoms with Crippen molar-refractivity contribution in [3.8, 4) is 11.5 Å². The van der Waals surface area contributed by atoms with Crippen molar-refractivity contribution < 1.29 is 13.3 Å². The van der Waals surface area contributed by atoms with Gasteiger partial charge in [-0.1, -0.05) is 66.7 Å². The fraction of sp³-hybridized carbons (Fsp3) is 0. The molecule has 0 spiro atoms. The summed E-state index contributed by atoms with van der Waals surface area (Å²) in [4.78, 5) is 7.20. The summed E-state index contributed by atoms with van der Waals surface area (Å²) in [5.41, 5.74) is 8.70. The molecule has 0 radical (unpaired) electrons. The summed E-state index contributed by atoms with van der Waals surface area (Å²) in [6.07, 6.45) is 0. The smallest absolute Gasteiger partial charge is 0.227 e. The molecule has 230 valence electrons. The van der Waals surface area contributed by atoms with Crippen molar-refractivity contribution in [3.05, 3.63) is 146 Å². The van der Waals surface area contributed by atoms with Crippen molar-refractivity contribution in [1.82, 2.24) is 4.98 Å². The minimum absolute atomic E-state index is 0.588. The number of benzene rings is 7. The molecule has 11 aromatic rings. The molecule has 4 heterocycles. The third-order valence-electron chi connectivity index (χ3n) is 9.49. The van der Waals surface area contributed by atoms with Crippen LogP contribution in [0.2, 0.25) is 0 Å². The molecule has 0 aliphatic rings.